The smallest absolute Gasteiger partial charge is 0.267 e. The number of pyridine rings is 2. The van der Waals surface area contributed by atoms with E-state index in [-0.39, 0.29) is 0 Å². The van der Waals surface area contributed by atoms with Gasteiger partial charge in [0.1, 0.15) is 0 Å². The lowest BCUT2D eigenvalue weighted by Crippen LogP contribution is -2.12. The molecular weight excluding hydrogens is 352 g/mol. The van der Waals surface area contributed by atoms with Crippen LogP contribution < -0.4 is 9.97 Å². The number of aromatic amines is 2. The lowest BCUT2D eigenvalue weighted by atomic mass is 10.3. The zero-order valence-electron chi connectivity index (χ0n) is 12.8. The second-order valence-corrected chi connectivity index (χ2v) is 4.05. The van der Waals surface area contributed by atoms with Crippen LogP contribution in [0, 0.1) is 30.6 Å². The van der Waals surface area contributed by atoms with Gasteiger partial charge in [-0.05, 0) is 12.1 Å². The summed E-state index contributed by atoms with van der Waals surface area (Å²) in [5.41, 5.74) is 1.56. The van der Waals surface area contributed by atoms with E-state index in [1.54, 1.807) is 12.4 Å². The quantitative estimate of drug-likeness (QED) is 0.430. The van der Waals surface area contributed by atoms with Gasteiger partial charge in [-0.3, -0.25) is 0 Å². The van der Waals surface area contributed by atoms with Gasteiger partial charge in [-0.1, -0.05) is 0 Å². The van der Waals surface area contributed by atoms with E-state index >= 15 is 0 Å². The minimum atomic E-state index is -1.75. The molecule has 3 heterocycles. The first-order valence-corrected chi connectivity index (χ1v) is 6.54. The van der Waals surface area contributed by atoms with E-state index in [0.29, 0.717) is 11.6 Å². The van der Waals surface area contributed by atoms with Gasteiger partial charge in [0.2, 0.25) is 0 Å². The molecule has 134 valence electrons. The third-order valence-electron chi connectivity index (χ3n) is 2.38. The van der Waals surface area contributed by atoms with Gasteiger partial charge in [-0.15, -0.1) is 20.4 Å². The van der Waals surface area contributed by atoms with Gasteiger partial charge in [-0.25, -0.2) is 9.97 Å². The number of aromatic nitrogens is 6. The van der Waals surface area contributed by atoms with Gasteiger partial charge in [-0.2, -0.15) is 0 Å². The van der Waals surface area contributed by atoms with Crippen LogP contribution in [0.25, 0.3) is 23.0 Å². The summed E-state index contributed by atoms with van der Waals surface area (Å²) in [6.07, 6.45) is 3.61. The fraction of sp³-hybridized carbons (Fsp3) is 0. The molecule has 0 aliphatic heterocycles. The van der Waals surface area contributed by atoms with Crippen molar-refractivity contribution in [3.8, 4) is 23.0 Å². The Kier molecular flexibility index (Phi) is 7.89. The molecule has 0 saturated carbocycles. The summed E-state index contributed by atoms with van der Waals surface area (Å²) < 4.78 is 0. The van der Waals surface area contributed by atoms with Crippen LogP contribution in [0.5, 0.6) is 0 Å². The monoisotopic (exact) mass is 362 g/mol. The van der Waals surface area contributed by atoms with Crippen molar-refractivity contribution < 1.29 is 20.1 Å². The highest BCUT2D eigenvalue weighted by atomic mass is 16.9. The van der Waals surface area contributed by atoms with Crippen LogP contribution in [0.3, 0.4) is 0 Å². The molecule has 3 aromatic rings. The fourth-order valence-electron chi connectivity index (χ4n) is 1.51. The first-order valence-electron chi connectivity index (χ1n) is 6.54. The lowest BCUT2D eigenvalue weighted by molar-refractivity contribution is -0.403. The number of nitrogens with one attached hydrogen (secondary N) is 2. The maximum absolute atomic E-state index is 8.25. The van der Waals surface area contributed by atoms with Gasteiger partial charge in [0.25, 0.3) is 23.0 Å². The highest BCUT2D eigenvalue weighted by Crippen LogP contribution is 2.08. The van der Waals surface area contributed by atoms with E-state index in [0.717, 1.165) is 11.4 Å². The number of hydrogen-bond acceptors (Lipinski definition) is 10. The molecule has 0 aliphatic rings. The number of rotatable bonds is 2. The molecule has 14 nitrogen and oxygen atoms in total. The largest absolute Gasteiger partial charge is 0.356 e. The number of hydrogen-bond donors (Lipinski definition) is 0. The standard InChI is InChI=1S/C12H8N6.2NO3/c1-3-7-13-9(5-1)11-15-17-12(18-16-11)10-6-2-4-8-14-10;2*2-1(3)4/h1-8H;;/q;2*-1/p+2. The number of H-pyrrole nitrogens is 2. The molecule has 26 heavy (non-hydrogen) atoms. The van der Waals surface area contributed by atoms with E-state index in [9.17, 15) is 0 Å². The Morgan fingerprint density at radius 2 is 0.962 bits per heavy atom. The predicted octanol–water partition coefficient (Wildman–Crippen LogP) is -0.249. The van der Waals surface area contributed by atoms with Crippen molar-refractivity contribution in [3.05, 3.63) is 79.4 Å². The second kappa shape index (κ2) is 10.4. The molecule has 0 aliphatic carbocycles. The summed E-state index contributed by atoms with van der Waals surface area (Å²) in [5.74, 6) is 0.936. The van der Waals surface area contributed by atoms with Gasteiger partial charge >= 0.3 is 0 Å². The van der Waals surface area contributed by atoms with Crippen LogP contribution in [-0.2, 0) is 0 Å². The highest BCUT2D eigenvalue weighted by Gasteiger charge is 2.13. The fourth-order valence-corrected chi connectivity index (χ4v) is 1.51. The Morgan fingerprint density at radius 3 is 1.19 bits per heavy atom. The Bertz CT molecular complexity index is 740. The lowest BCUT2D eigenvalue weighted by Gasteiger charge is -1.93. The summed E-state index contributed by atoms with van der Waals surface area (Å²) in [6, 6.07) is 11.3. The maximum Gasteiger partial charge on any atom is 0.267 e. The molecule has 0 aromatic carbocycles. The van der Waals surface area contributed by atoms with Gasteiger partial charge < -0.3 is 30.6 Å². The van der Waals surface area contributed by atoms with Crippen LogP contribution >= 0.6 is 0 Å². The van der Waals surface area contributed by atoms with Crippen LogP contribution in [0.15, 0.2) is 48.8 Å². The topological polar surface area (TPSA) is 212 Å². The van der Waals surface area contributed by atoms with E-state index < -0.39 is 10.2 Å². The molecule has 0 saturated heterocycles. The summed E-state index contributed by atoms with van der Waals surface area (Å²) in [7, 11) is 0. The molecule has 2 N–H and O–H groups in total. The van der Waals surface area contributed by atoms with Crippen molar-refractivity contribution in [3.63, 3.8) is 0 Å². The van der Waals surface area contributed by atoms with Crippen LogP contribution in [0.1, 0.15) is 0 Å². The number of nitrogens with zero attached hydrogens (tertiary/aromatic N) is 6. The van der Waals surface area contributed by atoms with Crippen LogP contribution in [0.4, 0.5) is 0 Å². The van der Waals surface area contributed by atoms with E-state index in [1.807, 2.05) is 36.4 Å². The van der Waals surface area contributed by atoms with Crippen molar-refractivity contribution in [2.75, 3.05) is 0 Å². The van der Waals surface area contributed by atoms with Crippen molar-refractivity contribution in [1.82, 2.24) is 20.4 Å². The average Bonchev–Trinajstić information content (AvgIpc) is 2.62. The summed E-state index contributed by atoms with van der Waals surface area (Å²) in [4.78, 5) is 22.6. The first kappa shape index (κ1) is 19.7. The molecule has 3 aromatic heterocycles. The van der Waals surface area contributed by atoms with Crippen molar-refractivity contribution in [2.45, 2.75) is 0 Å². The average molecular weight is 362 g/mol. The van der Waals surface area contributed by atoms with Crippen molar-refractivity contribution >= 4 is 0 Å². The third-order valence-corrected chi connectivity index (χ3v) is 2.38. The van der Waals surface area contributed by atoms with Crippen molar-refractivity contribution in [1.29, 1.82) is 0 Å². The normalized spacial score (nSPS) is 8.92. The molecule has 0 unspecified atom stereocenters. The Morgan fingerprint density at radius 1 is 0.654 bits per heavy atom. The van der Waals surface area contributed by atoms with E-state index in [2.05, 4.69) is 30.4 Å². The molecule has 0 spiro atoms. The Labute approximate surface area is 144 Å². The molecule has 14 heteroatoms. The second-order valence-electron chi connectivity index (χ2n) is 4.05. The molecule has 0 radical (unpaired) electrons. The Hall–Kier alpha value is -4.36. The molecular formula is C12H10N8O6. The summed E-state index contributed by atoms with van der Waals surface area (Å²) >= 11 is 0. The predicted molar refractivity (Wildman–Crippen MR) is 82.3 cm³/mol. The zero-order valence-corrected chi connectivity index (χ0v) is 12.8. The summed E-state index contributed by atoms with van der Waals surface area (Å²) in [5, 5.41) is 45.7. The minimum Gasteiger partial charge on any atom is -0.356 e. The van der Waals surface area contributed by atoms with Gasteiger partial charge in [0.15, 0.2) is 12.4 Å². The molecule has 0 fully saturated rings. The molecule has 3 rings (SSSR count). The first-order chi connectivity index (χ1) is 12.4. The third kappa shape index (κ3) is 7.77. The molecule has 0 amide bonds. The molecule has 0 bridgehead atoms. The highest BCUT2D eigenvalue weighted by molar-refractivity contribution is 5.45. The molecule has 0 atom stereocenters. The Balaban J connectivity index is 0.000000360. The minimum absolute atomic E-state index is 0.468. The van der Waals surface area contributed by atoms with Gasteiger partial charge in [0.05, 0.1) is 10.2 Å². The summed E-state index contributed by atoms with van der Waals surface area (Å²) in [6.45, 7) is 0. The van der Waals surface area contributed by atoms with E-state index in [4.69, 9.17) is 30.6 Å². The van der Waals surface area contributed by atoms with Gasteiger partial charge in [0, 0.05) is 24.3 Å². The van der Waals surface area contributed by atoms with Crippen LogP contribution in [-0.4, -0.2) is 30.6 Å². The zero-order chi connectivity index (χ0) is 19.4. The van der Waals surface area contributed by atoms with Crippen molar-refractivity contribution in [2.24, 2.45) is 0 Å². The van der Waals surface area contributed by atoms with E-state index in [1.165, 1.54) is 0 Å². The SMILES string of the molecule is O=[N+]([O-])[O-].O=[N+]([O-])[O-].c1ccc(-c2nnc(-c3cccc[nH+]3)nn2)[nH+]c1. The van der Waals surface area contributed by atoms with Crippen LogP contribution in [0.2, 0.25) is 0 Å². The maximum atomic E-state index is 8.25.